The Hall–Kier alpha value is -3.03. The van der Waals surface area contributed by atoms with Gasteiger partial charge in [-0.3, -0.25) is 0 Å². The maximum Gasteiger partial charge on any atom is 0.333 e. The number of rotatable bonds is 3. The fourth-order valence-corrected chi connectivity index (χ4v) is 2.25. The maximum atomic E-state index is 12.2. The molecule has 0 bridgehead atoms. The minimum absolute atomic E-state index is 0.448. The smallest absolute Gasteiger partial charge is 0.333 e. The number of fused-ring (bicyclic) bond motifs is 1. The van der Waals surface area contributed by atoms with Crippen LogP contribution in [0.25, 0.3) is 16.7 Å². The molecule has 0 spiro atoms. The molecule has 0 aliphatic carbocycles. The molecule has 3 aromatic rings. The lowest BCUT2D eigenvalue weighted by Crippen LogP contribution is -2.23. The van der Waals surface area contributed by atoms with Gasteiger partial charge in [-0.05, 0) is 32.9 Å². The zero-order valence-electron chi connectivity index (χ0n) is 14.0. The van der Waals surface area contributed by atoms with Crippen LogP contribution >= 0.6 is 0 Å². The summed E-state index contributed by atoms with van der Waals surface area (Å²) in [5.74, 6) is -0.448. The molecular weight excluding hydrogens is 308 g/mol. The number of ether oxygens (including phenoxy) is 1. The zero-order valence-corrected chi connectivity index (χ0v) is 14.0. The first kappa shape index (κ1) is 15.9. The van der Waals surface area contributed by atoms with Crippen molar-refractivity contribution in [3.05, 3.63) is 42.5 Å². The minimum atomic E-state index is -0.572. The second-order valence-corrected chi connectivity index (χ2v) is 6.32. The Labute approximate surface area is 138 Å². The number of nitrogens with zero attached hydrogens (tertiary/aromatic N) is 6. The Kier molecular flexibility index (Phi) is 3.88. The predicted molar refractivity (Wildman–Crippen MR) is 87.8 cm³/mol. The van der Waals surface area contributed by atoms with Crippen LogP contribution in [0.4, 0.5) is 0 Å². The summed E-state index contributed by atoms with van der Waals surface area (Å²) in [7, 11) is 1.81. The van der Waals surface area contributed by atoms with Gasteiger partial charge in [0.2, 0.25) is 0 Å². The number of hydrogen-bond donors (Lipinski definition) is 0. The number of carbonyl (C=O) groups is 1. The maximum absolute atomic E-state index is 12.2. The van der Waals surface area contributed by atoms with E-state index in [-0.39, 0.29) is 0 Å². The van der Waals surface area contributed by atoms with Gasteiger partial charge in [-0.2, -0.15) is 5.10 Å². The van der Waals surface area contributed by atoms with Gasteiger partial charge in [0.15, 0.2) is 0 Å². The summed E-state index contributed by atoms with van der Waals surface area (Å²) in [5, 5.41) is 12.2. The summed E-state index contributed by atoms with van der Waals surface area (Å²) in [6, 6.07) is 5.60. The van der Waals surface area contributed by atoms with Crippen molar-refractivity contribution in [2.75, 3.05) is 0 Å². The second kappa shape index (κ2) is 5.88. The number of carbonyl (C=O) groups excluding carboxylic acids is 1. The molecule has 0 unspecified atom stereocenters. The van der Waals surface area contributed by atoms with E-state index in [0.29, 0.717) is 5.70 Å². The van der Waals surface area contributed by atoms with Crippen LogP contribution < -0.4 is 0 Å². The summed E-state index contributed by atoms with van der Waals surface area (Å²) >= 11 is 0. The van der Waals surface area contributed by atoms with Crippen LogP contribution in [0.5, 0.6) is 0 Å². The van der Waals surface area contributed by atoms with Gasteiger partial charge in [-0.15, -0.1) is 5.10 Å². The molecule has 2 aromatic heterocycles. The fraction of sp³-hybridized carbons (Fsp3) is 0.312. The van der Waals surface area contributed by atoms with Gasteiger partial charge in [-0.1, -0.05) is 11.3 Å². The van der Waals surface area contributed by atoms with Gasteiger partial charge in [0.05, 0.1) is 11.2 Å². The van der Waals surface area contributed by atoms with Crippen molar-refractivity contribution in [1.29, 1.82) is 0 Å². The van der Waals surface area contributed by atoms with Crippen molar-refractivity contribution in [1.82, 2.24) is 29.8 Å². The topological polar surface area (TPSA) is 87.7 Å². The molecule has 124 valence electrons. The van der Waals surface area contributed by atoms with Crippen LogP contribution in [-0.4, -0.2) is 41.3 Å². The minimum Gasteiger partial charge on any atom is -0.457 e. The predicted octanol–water partition coefficient (Wildman–Crippen LogP) is 1.79. The van der Waals surface area contributed by atoms with Crippen LogP contribution in [0.1, 0.15) is 26.3 Å². The molecule has 24 heavy (non-hydrogen) atoms. The Morgan fingerprint density at radius 2 is 2.08 bits per heavy atom. The molecule has 2 heterocycles. The molecule has 1 aromatic carbocycles. The zero-order chi connectivity index (χ0) is 17.3. The van der Waals surface area contributed by atoms with Gasteiger partial charge < -0.3 is 4.74 Å². The molecule has 8 nitrogen and oxygen atoms in total. The van der Waals surface area contributed by atoms with Crippen LogP contribution in [0.15, 0.2) is 36.9 Å². The lowest BCUT2D eigenvalue weighted by atomic mass is 10.1. The highest BCUT2D eigenvalue weighted by molar-refractivity contribution is 5.92. The van der Waals surface area contributed by atoms with Crippen molar-refractivity contribution >= 4 is 22.7 Å². The first-order valence-corrected chi connectivity index (χ1v) is 7.43. The third-order valence-electron chi connectivity index (χ3n) is 3.23. The van der Waals surface area contributed by atoms with Crippen LogP contribution in [0.3, 0.4) is 0 Å². The molecule has 0 aliphatic rings. The number of aromatic nitrogens is 6. The normalized spacial score (nSPS) is 12.6. The lowest BCUT2D eigenvalue weighted by Gasteiger charge is -2.18. The molecule has 0 saturated carbocycles. The number of benzene rings is 1. The largest absolute Gasteiger partial charge is 0.457 e. The molecule has 0 saturated heterocycles. The monoisotopic (exact) mass is 326 g/mol. The molecule has 3 rings (SSSR count). The number of esters is 1. The van der Waals surface area contributed by atoms with E-state index in [4.69, 9.17) is 4.74 Å². The Balaban J connectivity index is 2.07. The third-order valence-corrected chi connectivity index (χ3v) is 3.23. The van der Waals surface area contributed by atoms with Crippen molar-refractivity contribution in [2.45, 2.75) is 26.4 Å². The van der Waals surface area contributed by atoms with E-state index in [1.54, 1.807) is 4.68 Å². The molecule has 0 aliphatic heterocycles. The van der Waals surface area contributed by atoms with Gasteiger partial charge in [0.25, 0.3) is 0 Å². The lowest BCUT2D eigenvalue weighted by molar-refractivity contribution is -0.148. The average Bonchev–Trinajstić information content (AvgIpc) is 3.13. The summed E-state index contributed by atoms with van der Waals surface area (Å²) in [4.78, 5) is 16.2. The highest BCUT2D eigenvalue weighted by atomic mass is 16.6. The number of hydrogen-bond acceptors (Lipinski definition) is 6. The van der Waals surface area contributed by atoms with E-state index in [1.807, 2.05) is 46.0 Å². The highest BCUT2D eigenvalue weighted by Crippen LogP contribution is 2.21. The quantitative estimate of drug-likeness (QED) is 0.538. The van der Waals surface area contributed by atoms with E-state index >= 15 is 0 Å². The Morgan fingerprint density at radius 1 is 1.29 bits per heavy atom. The van der Waals surface area contributed by atoms with Crippen molar-refractivity contribution < 1.29 is 9.53 Å². The standard InChI is InChI=1S/C16H18N6O2/c1-16(2,3)24-15(23)8-13(22-10-17-9-18-22)11-5-6-12-14(7-11)21(4)20-19-12/h5-10H,1-4H3/b13-8+. The van der Waals surface area contributed by atoms with Crippen molar-refractivity contribution in [2.24, 2.45) is 7.05 Å². The molecular formula is C16H18N6O2. The second-order valence-electron chi connectivity index (χ2n) is 6.32. The van der Waals surface area contributed by atoms with Gasteiger partial charge in [-0.25, -0.2) is 19.1 Å². The highest BCUT2D eigenvalue weighted by Gasteiger charge is 2.17. The Bertz CT molecular complexity index is 902. The van der Waals surface area contributed by atoms with Crippen LogP contribution in [0.2, 0.25) is 0 Å². The SMILES string of the molecule is Cn1nnc2ccc(/C(=C\C(=O)OC(C)(C)C)n3cncn3)cc21. The van der Waals surface area contributed by atoms with Gasteiger partial charge in [0, 0.05) is 18.7 Å². The fourth-order valence-electron chi connectivity index (χ4n) is 2.25. The molecule has 0 atom stereocenters. The molecule has 8 heteroatoms. The van der Waals surface area contributed by atoms with Crippen molar-refractivity contribution in [3.63, 3.8) is 0 Å². The van der Waals surface area contributed by atoms with E-state index in [9.17, 15) is 4.79 Å². The van der Waals surface area contributed by atoms with E-state index in [0.717, 1.165) is 16.6 Å². The molecule has 0 N–H and O–H groups in total. The van der Waals surface area contributed by atoms with Gasteiger partial charge >= 0.3 is 5.97 Å². The summed E-state index contributed by atoms with van der Waals surface area (Å²) in [6.07, 6.45) is 4.35. The van der Waals surface area contributed by atoms with Gasteiger partial charge in [0.1, 0.15) is 23.8 Å². The summed E-state index contributed by atoms with van der Waals surface area (Å²) in [5.41, 5.74) is 2.39. The first-order valence-electron chi connectivity index (χ1n) is 7.43. The molecule has 0 radical (unpaired) electrons. The van der Waals surface area contributed by atoms with E-state index in [1.165, 1.54) is 23.4 Å². The number of aryl methyl sites for hydroxylation is 1. The van der Waals surface area contributed by atoms with E-state index < -0.39 is 11.6 Å². The average molecular weight is 326 g/mol. The first-order chi connectivity index (χ1) is 11.3. The molecule has 0 amide bonds. The van der Waals surface area contributed by atoms with Crippen LogP contribution in [-0.2, 0) is 16.6 Å². The summed E-state index contributed by atoms with van der Waals surface area (Å²) in [6.45, 7) is 5.46. The molecule has 0 fully saturated rings. The Morgan fingerprint density at radius 3 is 2.75 bits per heavy atom. The third kappa shape index (κ3) is 3.32. The summed E-state index contributed by atoms with van der Waals surface area (Å²) < 4.78 is 8.57. The van der Waals surface area contributed by atoms with Crippen LogP contribution in [0, 0.1) is 0 Å². The van der Waals surface area contributed by atoms with E-state index in [2.05, 4.69) is 20.4 Å². The van der Waals surface area contributed by atoms with Crippen molar-refractivity contribution in [3.8, 4) is 0 Å².